The van der Waals surface area contributed by atoms with Crippen LogP contribution in [0.4, 0.5) is 18.8 Å². The fourth-order valence-electron chi connectivity index (χ4n) is 0. The van der Waals surface area contributed by atoms with Crippen LogP contribution in [0.5, 0.6) is 0 Å². The molecular weight excluding hydrogens is 254 g/mol. The van der Waals surface area contributed by atoms with E-state index >= 15 is 0 Å². The summed E-state index contributed by atoms with van der Waals surface area (Å²) in [5, 5.41) is 0. The molecule has 0 N–H and O–H groups in total. The summed E-state index contributed by atoms with van der Waals surface area (Å²) in [6, 6.07) is 0. The molecule has 0 aliphatic heterocycles. The van der Waals surface area contributed by atoms with Gasteiger partial charge in [0, 0.05) is 25.8 Å². The Labute approximate surface area is 45.2 Å². The largest absolute Gasteiger partial charge is 0.269 e. The van der Waals surface area contributed by atoms with Crippen LogP contribution in [-0.4, -0.2) is 0 Å². The van der Waals surface area contributed by atoms with Crippen molar-refractivity contribution < 1.29 is 44.7 Å². The van der Waals surface area contributed by atoms with E-state index in [2.05, 4.69) is 0 Å². The molecule has 0 bridgehead atoms. The van der Waals surface area contributed by atoms with Gasteiger partial charge in [-0.05, 0) is 0 Å². The second-order valence-electron chi connectivity index (χ2n) is 0. The van der Waals surface area contributed by atoms with Gasteiger partial charge in [-0.2, -0.15) is 0 Å². The Hall–Kier alpha value is 0.590. The fourth-order valence-corrected chi connectivity index (χ4v) is 0. The summed E-state index contributed by atoms with van der Waals surface area (Å²) in [5.41, 5.74) is 0. The van der Waals surface area contributed by atoms with Crippen LogP contribution in [-0.2, 0) is 25.8 Å². The molecule has 36 valence electrons. The van der Waals surface area contributed by atoms with Crippen LogP contribution in [0.3, 0.4) is 0 Å². The van der Waals surface area contributed by atoms with E-state index in [0.29, 0.717) is 0 Å². The molecule has 5 heteroatoms. The van der Waals surface area contributed by atoms with Gasteiger partial charge in [-0.3, -0.25) is 18.8 Å². The molecule has 0 saturated carbocycles. The van der Waals surface area contributed by atoms with Crippen LogP contribution < -0.4 is 0 Å². The summed E-state index contributed by atoms with van der Waals surface area (Å²) in [4.78, 5) is 0. The maximum atomic E-state index is 0. The minimum absolute atomic E-state index is 0. The Morgan fingerprint density at radius 1 is 0.400 bits per heavy atom. The van der Waals surface area contributed by atoms with Crippen molar-refractivity contribution in [1.29, 1.82) is 0 Å². The van der Waals surface area contributed by atoms with Crippen molar-refractivity contribution in [2.45, 2.75) is 0 Å². The van der Waals surface area contributed by atoms with Crippen LogP contribution >= 0.6 is 0 Å². The summed E-state index contributed by atoms with van der Waals surface area (Å²) >= 11 is 0. The summed E-state index contributed by atoms with van der Waals surface area (Å²) in [5.74, 6) is 0. The smallest absolute Gasteiger partial charge is 0 e. The molecule has 0 aliphatic carbocycles. The van der Waals surface area contributed by atoms with E-state index in [1.165, 1.54) is 0 Å². The third-order valence-electron chi connectivity index (χ3n) is 0. The van der Waals surface area contributed by atoms with Gasteiger partial charge in [0.15, 0.2) is 0 Å². The van der Waals surface area contributed by atoms with E-state index in [0.717, 1.165) is 0 Å². The molecule has 0 spiro atoms. The van der Waals surface area contributed by atoms with E-state index in [1.54, 1.807) is 0 Å². The van der Waals surface area contributed by atoms with Gasteiger partial charge < -0.3 is 0 Å². The Morgan fingerprint density at radius 2 is 0.400 bits per heavy atom. The molecule has 0 saturated heterocycles. The normalized spacial score (nSPS) is 0. The average molecular weight is 259 g/mol. The van der Waals surface area contributed by atoms with E-state index in [4.69, 9.17) is 0 Å². The van der Waals surface area contributed by atoms with Crippen LogP contribution in [0.25, 0.3) is 0 Å². The molecule has 0 heterocycles. The Balaban J connectivity index is 0. The second-order valence-corrected chi connectivity index (χ2v) is 0. The first-order chi connectivity index (χ1) is 0. The van der Waals surface area contributed by atoms with Crippen LogP contribution in [0.15, 0.2) is 0 Å². The third-order valence-corrected chi connectivity index (χ3v) is 0. The van der Waals surface area contributed by atoms with Crippen molar-refractivity contribution in [1.82, 2.24) is 0 Å². The average Bonchev–Trinajstić information content (AvgIpc) is 0. The van der Waals surface area contributed by atoms with E-state index in [1.807, 2.05) is 0 Å². The molecule has 0 aromatic rings. The molecule has 0 fully saturated rings. The maximum absolute atomic E-state index is 0. The van der Waals surface area contributed by atoms with Gasteiger partial charge >= 0.3 is 0 Å². The standard InChI is InChI=1S/4FH.Hf/h4*1H;. The molecular formula is H4F4Hf. The Bertz CT molecular complexity index is 3.61. The summed E-state index contributed by atoms with van der Waals surface area (Å²) < 4.78 is 0. The minimum atomic E-state index is 0. The van der Waals surface area contributed by atoms with Gasteiger partial charge in [-0.1, -0.05) is 0 Å². The number of hydrogen-bond donors (Lipinski definition) is 0. The van der Waals surface area contributed by atoms with Crippen molar-refractivity contribution in [3.05, 3.63) is 0 Å². The summed E-state index contributed by atoms with van der Waals surface area (Å²) in [7, 11) is 0. The molecule has 0 nitrogen and oxygen atoms in total. The fraction of sp³-hybridized carbons (Fsp3) is 0. The summed E-state index contributed by atoms with van der Waals surface area (Å²) in [6.45, 7) is 0. The molecule has 5 heavy (non-hydrogen) atoms. The maximum Gasteiger partial charge on any atom is 0 e. The molecule has 0 aromatic heterocycles. The molecule has 0 radical (unpaired) electrons. The predicted octanol–water partition coefficient (Wildman–Crippen LogP) is 0.607. The molecule has 0 aromatic carbocycles. The zero-order chi connectivity index (χ0) is 0. The van der Waals surface area contributed by atoms with Crippen LogP contribution in [0, 0.1) is 0 Å². The van der Waals surface area contributed by atoms with Gasteiger partial charge in [-0.15, -0.1) is 0 Å². The van der Waals surface area contributed by atoms with Crippen LogP contribution in [0.2, 0.25) is 0 Å². The van der Waals surface area contributed by atoms with E-state index < -0.39 is 0 Å². The van der Waals surface area contributed by atoms with Gasteiger partial charge in [0.1, 0.15) is 0 Å². The van der Waals surface area contributed by atoms with Crippen molar-refractivity contribution >= 4 is 0 Å². The summed E-state index contributed by atoms with van der Waals surface area (Å²) in [6.07, 6.45) is 0. The number of hydrogen-bond acceptors (Lipinski definition) is 0. The molecule has 0 unspecified atom stereocenters. The first-order valence-corrected chi connectivity index (χ1v) is 0. The monoisotopic (exact) mass is 260 g/mol. The third kappa shape index (κ3) is 88.4. The van der Waals surface area contributed by atoms with Gasteiger partial charge in [0.25, 0.3) is 0 Å². The Morgan fingerprint density at radius 3 is 0.400 bits per heavy atom. The number of halogens is 4. The molecule has 0 atom stereocenters. The second kappa shape index (κ2) is 170. The van der Waals surface area contributed by atoms with Gasteiger partial charge in [-0.25, -0.2) is 0 Å². The SMILES string of the molecule is F.F.F.F.[Hf]. The predicted molar refractivity (Wildman–Crippen MR) is 10.0 cm³/mol. The molecule has 0 aliphatic rings. The zero-order valence-electron chi connectivity index (χ0n) is 2.13. The van der Waals surface area contributed by atoms with E-state index in [-0.39, 0.29) is 44.7 Å². The molecule has 0 rings (SSSR count). The number of rotatable bonds is 0. The first-order valence-electron chi connectivity index (χ1n) is 0. The van der Waals surface area contributed by atoms with Crippen LogP contribution in [0.1, 0.15) is 0 Å². The van der Waals surface area contributed by atoms with Gasteiger partial charge in [0.05, 0.1) is 0 Å². The quantitative estimate of drug-likeness (QED) is 0.441. The first kappa shape index (κ1) is 338. The van der Waals surface area contributed by atoms with Crippen molar-refractivity contribution in [2.75, 3.05) is 0 Å². The Kier molecular flexibility index (Phi) is 11500. The van der Waals surface area contributed by atoms with E-state index in [9.17, 15) is 0 Å². The zero-order valence-corrected chi connectivity index (χ0v) is 5.73. The van der Waals surface area contributed by atoms with Crippen molar-refractivity contribution in [2.24, 2.45) is 0 Å². The van der Waals surface area contributed by atoms with Crippen molar-refractivity contribution in [3.63, 3.8) is 0 Å². The van der Waals surface area contributed by atoms with Crippen molar-refractivity contribution in [3.8, 4) is 0 Å². The topological polar surface area (TPSA) is 0 Å². The minimum Gasteiger partial charge on any atom is -0.269 e. The molecule has 0 amide bonds. The van der Waals surface area contributed by atoms with Gasteiger partial charge in [0.2, 0.25) is 0 Å².